The number of fused-ring (bicyclic) bond motifs is 1. The van der Waals surface area contributed by atoms with Crippen molar-refractivity contribution in [2.75, 3.05) is 13.1 Å². The molecule has 0 amide bonds. The second-order valence-electron chi connectivity index (χ2n) is 6.14. The summed E-state index contributed by atoms with van der Waals surface area (Å²) in [6.45, 7) is 0.916. The SMILES string of the molecule is O=S(=O)(c1ccc(Cl)cc1)N1CCC[C@H](c2nnc3ccccn23)C1. The van der Waals surface area contributed by atoms with Crippen molar-refractivity contribution in [3.05, 3.63) is 59.5 Å². The highest BCUT2D eigenvalue weighted by molar-refractivity contribution is 7.89. The smallest absolute Gasteiger partial charge is 0.243 e. The summed E-state index contributed by atoms with van der Waals surface area (Å²) in [5, 5.41) is 8.99. The molecule has 1 fully saturated rings. The molecule has 25 heavy (non-hydrogen) atoms. The van der Waals surface area contributed by atoms with Crippen molar-refractivity contribution in [1.29, 1.82) is 0 Å². The largest absolute Gasteiger partial charge is 0.286 e. The summed E-state index contributed by atoms with van der Waals surface area (Å²) in [6.07, 6.45) is 3.60. The third-order valence-electron chi connectivity index (χ3n) is 4.54. The van der Waals surface area contributed by atoms with Gasteiger partial charge in [-0.15, -0.1) is 10.2 Å². The lowest BCUT2D eigenvalue weighted by molar-refractivity contribution is 0.308. The minimum atomic E-state index is -3.54. The van der Waals surface area contributed by atoms with Crippen molar-refractivity contribution in [3.63, 3.8) is 0 Å². The number of halogens is 1. The van der Waals surface area contributed by atoms with Crippen molar-refractivity contribution in [1.82, 2.24) is 18.9 Å². The summed E-state index contributed by atoms with van der Waals surface area (Å²) in [5.41, 5.74) is 0.773. The van der Waals surface area contributed by atoms with E-state index >= 15 is 0 Å². The molecule has 3 aromatic rings. The van der Waals surface area contributed by atoms with Gasteiger partial charge in [-0.05, 0) is 49.2 Å². The third-order valence-corrected chi connectivity index (χ3v) is 6.67. The number of hydrogen-bond donors (Lipinski definition) is 0. The fourth-order valence-electron chi connectivity index (χ4n) is 3.27. The molecule has 1 aromatic carbocycles. The molecular weight excluding hydrogens is 360 g/mol. The lowest BCUT2D eigenvalue weighted by atomic mass is 9.99. The fourth-order valence-corrected chi connectivity index (χ4v) is 4.92. The van der Waals surface area contributed by atoms with Gasteiger partial charge in [-0.1, -0.05) is 17.7 Å². The van der Waals surface area contributed by atoms with Crippen LogP contribution >= 0.6 is 11.6 Å². The Morgan fingerprint density at radius 2 is 1.88 bits per heavy atom. The number of aromatic nitrogens is 3. The van der Waals surface area contributed by atoms with Gasteiger partial charge in [-0.3, -0.25) is 4.40 Å². The zero-order valence-corrected chi connectivity index (χ0v) is 15.0. The minimum Gasteiger partial charge on any atom is -0.286 e. The number of hydrogen-bond acceptors (Lipinski definition) is 4. The van der Waals surface area contributed by atoms with Gasteiger partial charge in [0.1, 0.15) is 5.82 Å². The van der Waals surface area contributed by atoms with E-state index in [1.165, 1.54) is 4.31 Å². The van der Waals surface area contributed by atoms with Gasteiger partial charge in [0.15, 0.2) is 5.65 Å². The minimum absolute atomic E-state index is 0.0215. The molecule has 0 aliphatic carbocycles. The highest BCUT2D eigenvalue weighted by Crippen LogP contribution is 2.30. The van der Waals surface area contributed by atoms with Gasteiger partial charge in [0, 0.05) is 30.2 Å². The molecule has 0 radical (unpaired) electrons. The standard InChI is InChI=1S/C17H17ClN4O2S/c18-14-6-8-15(9-7-14)25(23,24)21-10-3-4-13(12-21)17-20-19-16-5-1-2-11-22(16)17/h1-2,5-9,11,13H,3-4,10,12H2/t13-/m0/s1. The second kappa shape index (κ2) is 6.40. The van der Waals surface area contributed by atoms with E-state index in [9.17, 15) is 8.42 Å². The first-order valence-corrected chi connectivity index (χ1v) is 9.93. The molecule has 6 nitrogen and oxygen atoms in total. The maximum atomic E-state index is 12.9. The van der Waals surface area contributed by atoms with Crippen LogP contribution in [-0.2, 0) is 10.0 Å². The van der Waals surface area contributed by atoms with E-state index in [-0.39, 0.29) is 10.8 Å². The van der Waals surface area contributed by atoms with Crippen LogP contribution in [-0.4, -0.2) is 40.4 Å². The second-order valence-corrected chi connectivity index (χ2v) is 8.52. The van der Waals surface area contributed by atoms with Gasteiger partial charge in [0.05, 0.1) is 4.90 Å². The number of piperidine rings is 1. The summed E-state index contributed by atoms with van der Waals surface area (Å²) in [4.78, 5) is 0.267. The van der Waals surface area contributed by atoms with Gasteiger partial charge in [-0.25, -0.2) is 8.42 Å². The molecule has 130 valence electrons. The predicted molar refractivity (Wildman–Crippen MR) is 95.2 cm³/mol. The normalized spacial score (nSPS) is 19.3. The van der Waals surface area contributed by atoms with E-state index < -0.39 is 10.0 Å². The van der Waals surface area contributed by atoms with Crippen molar-refractivity contribution in [2.45, 2.75) is 23.7 Å². The Labute approximate surface area is 151 Å². The van der Waals surface area contributed by atoms with Crippen LogP contribution in [0.4, 0.5) is 0 Å². The lowest BCUT2D eigenvalue weighted by Crippen LogP contribution is -2.39. The Bertz CT molecular complexity index is 1000. The number of sulfonamides is 1. The van der Waals surface area contributed by atoms with Gasteiger partial charge in [-0.2, -0.15) is 4.31 Å². The molecule has 0 unspecified atom stereocenters. The number of benzene rings is 1. The van der Waals surface area contributed by atoms with Crippen LogP contribution in [0.2, 0.25) is 5.02 Å². The van der Waals surface area contributed by atoms with E-state index in [2.05, 4.69) is 10.2 Å². The lowest BCUT2D eigenvalue weighted by Gasteiger charge is -2.31. The predicted octanol–water partition coefficient (Wildman–Crippen LogP) is 2.95. The molecule has 0 saturated carbocycles. The summed E-state index contributed by atoms with van der Waals surface area (Å²) < 4.78 is 29.3. The Morgan fingerprint density at radius 3 is 2.68 bits per heavy atom. The van der Waals surface area contributed by atoms with Crippen LogP contribution in [0.1, 0.15) is 24.6 Å². The quantitative estimate of drug-likeness (QED) is 0.704. The van der Waals surface area contributed by atoms with Gasteiger partial charge in [0.2, 0.25) is 10.0 Å². The van der Waals surface area contributed by atoms with E-state index in [1.807, 2.05) is 28.8 Å². The molecule has 4 rings (SSSR count). The molecule has 1 aliphatic rings. The summed E-state index contributed by atoms with van der Waals surface area (Å²) in [5.74, 6) is 0.833. The molecular formula is C17H17ClN4O2S. The molecule has 0 spiro atoms. The topological polar surface area (TPSA) is 67.6 Å². The highest BCUT2D eigenvalue weighted by Gasteiger charge is 2.32. The molecule has 2 aromatic heterocycles. The molecule has 0 N–H and O–H groups in total. The number of rotatable bonds is 3. The Hall–Kier alpha value is -1.96. The van der Waals surface area contributed by atoms with Crippen LogP contribution in [0.3, 0.4) is 0 Å². The first kappa shape index (κ1) is 16.5. The Morgan fingerprint density at radius 1 is 1.08 bits per heavy atom. The van der Waals surface area contributed by atoms with Crippen molar-refractivity contribution in [3.8, 4) is 0 Å². The number of nitrogens with zero attached hydrogens (tertiary/aromatic N) is 4. The zero-order chi connectivity index (χ0) is 17.4. The maximum Gasteiger partial charge on any atom is 0.243 e. The molecule has 3 heterocycles. The fraction of sp³-hybridized carbons (Fsp3) is 0.294. The molecule has 8 heteroatoms. The summed E-state index contributed by atoms with van der Waals surface area (Å²) in [7, 11) is -3.54. The van der Waals surface area contributed by atoms with E-state index in [0.29, 0.717) is 18.1 Å². The average molecular weight is 377 g/mol. The van der Waals surface area contributed by atoms with Gasteiger partial charge in [0.25, 0.3) is 0 Å². The van der Waals surface area contributed by atoms with E-state index in [1.54, 1.807) is 24.3 Å². The van der Waals surface area contributed by atoms with Crippen LogP contribution in [0.15, 0.2) is 53.6 Å². The van der Waals surface area contributed by atoms with Gasteiger partial charge < -0.3 is 0 Å². The number of pyridine rings is 1. The van der Waals surface area contributed by atoms with Crippen LogP contribution in [0.25, 0.3) is 5.65 Å². The zero-order valence-electron chi connectivity index (χ0n) is 13.4. The first-order chi connectivity index (χ1) is 12.1. The monoisotopic (exact) mass is 376 g/mol. The molecule has 1 atom stereocenters. The molecule has 1 saturated heterocycles. The van der Waals surface area contributed by atoms with Crippen LogP contribution in [0.5, 0.6) is 0 Å². The molecule has 0 bridgehead atoms. The van der Waals surface area contributed by atoms with Crippen molar-refractivity contribution < 1.29 is 8.42 Å². The third kappa shape index (κ3) is 3.03. The Balaban J connectivity index is 1.63. The first-order valence-electron chi connectivity index (χ1n) is 8.11. The van der Waals surface area contributed by atoms with Gasteiger partial charge >= 0.3 is 0 Å². The summed E-state index contributed by atoms with van der Waals surface area (Å²) in [6, 6.07) is 12.0. The summed E-state index contributed by atoms with van der Waals surface area (Å²) >= 11 is 5.87. The van der Waals surface area contributed by atoms with E-state index in [0.717, 1.165) is 24.3 Å². The van der Waals surface area contributed by atoms with Crippen molar-refractivity contribution >= 4 is 27.3 Å². The Kier molecular flexibility index (Phi) is 4.23. The van der Waals surface area contributed by atoms with Crippen LogP contribution < -0.4 is 0 Å². The maximum absolute atomic E-state index is 12.9. The van der Waals surface area contributed by atoms with E-state index in [4.69, 9.17) is 11.6 Å². The highest BCUT2D eigenvalue weighted by atomic mass is 35.5. The average Bonchev–Trinajstić information content (AvgIpc) is 3.06. The molecule has 1 aliphatic heterocycles. The van der Waals surface area contributed by atoms with Crippen molar-refractivity contribution in [2.24, 2.45) is 0 Å². The van der Waals surface area contributed by atoms with Crippen LogP contribution in [0, 0.1) is 0 Å².